The van der Waals surface area contributed by atoms with E-state index in [2.05, 4.69) is 0 Å². The number of halogens is 3. The topological polar surface area (TPSA) is 57.7 Å². The Morgan fingerprint density at radius 1 is 0.939 bits per heavy atom. The van der Waals surface area contributed by atoms with Crippen LogP contribution in [0.25, 0.3) is 0 Å². The molecule has 1 aliphatic rings. The molecule has 0 atom stereocenters. The van der Waals surface area contributed by atoms with Gasteiger partial charge in [0, 0.05) is 12.2 Å². The zero-order chi connectivity index (χ0) is 23.6. The lowest BCUT2D eigenvalue weighted by Crippen LogP contribution is -2.45. The minimum absolute atomic E-state index is 0.116. The summed E-state index contributed by atoms with van der Waals surface area (Å²) in [6.07, 6.45) is -3.16. The van der Waals surface area contributed by atoms with Crippen LogP contribution in [0, 0.1) is 0 Å². The molecule has 5 nitrogen and oxygen atoms in total. The third-order valence-corrected chi connectivity index (χ3v) is 7.27. The maximum Gasteiger partial charge on any atom is 0.416 e. The lowest BCUT2D eigenvalue weighted by molar-refractivity contribution is -0.137. The molecule has 3 aromatic carbocycles. The zero-order valence-electron chi connectivity index (χ0n) is 17.5. The van der Waals surface area contributed by atoms with E-state index >= 15 is 0 Å². The Kier molecular flexibility index (Phi) is 6.16. The molecule has 0 saturated carbocycles. The van der Waals surface area contributed by atoms with Crippen LogP contribution in [-0.4, -0.2) is 27.4 Å². The number of hydrogen-bond acceptors (Lipinski definition) is 3. The average molecular weight is 475 g/mol. The van der Waals surface area contributed by atoms with E-state index in [1.165, 1.54) is 35.2 Å². The first kappa shape index (κ1) is 22.8. The maximum atomic E-state index is 13.4. The normalized spacial score (nSPS) is 14.0. The van der Waals surface area contributed by atoms with Gasteiger partial charge in [0.15, 0.2) is 0 Å². The molecule has 4 rings (SSSR count). The number of carbonyl (C=O) groups is 1. The molecule has 0 saturated heterocycles. The number of aryl methyl sites for hydroxylation is 1. The lowest BCUT2D eigenvalue weighted by Gasteiger charge is -2.32. The van der Waals surface area contributed by atoms with E-state index in [0.717, 1.165) is 34.5 Å². The van der Waals surface area contributed by atoms with Gasteiger partial charge in [-0.15, -0.1) is 0 Å². The summed E-state index contributed by atoms with van der Waals surface area (Å²) in [5, 5.41) is 0. The minimum Gasteiger partial charge on any atom is -0.311 e. The van der Waals surface area contributed by atoms with E-state index in [1.54, 1.807) is 18.2 Å². The number of anilines is 2. The first-order valence-corrected chi connectivity index (χ1v) is 11.8. The van der Waals surface area contributed by atoms with Crippen molar-refractivity contribution in [3.63, 3.8) is 0 Å². The van der Waals surface area contributed by atoms with Gasteiger partial charge in [0.05, 0.1) is 16.1 Å². The smallest absolute Gasteiger partial charge is 0.311 e. The van der Waals surface area contributed by atoms with Gasteiger partial charge in [-0.1, -0.05) is 42.5 Å². The van der Waals surface area contributed by atoms with Crippen molar-refractivity contribution in [2.24, 2.45) is 0 Å². The van der Waals surface area contributed by atoms with E-state index in [4.69, 9.17) is 0 Å². The molecule has 9 heteroatoms. The van der Waals surface area contributed by atoms with E-state index < -0.39 is 34.2 Å². The summed E-state index contributed by atoms with van der Waals surface area (Å²) in [5.74, 6) is -0.515. The first-order valence-electron chi connectivity index (χ1n) is 10.3. The number of amides is 1. The Bertz CT molecular complexity index is 1260. The second-order valence-electron chi connectivity index (χ2n) is 7.65. The third kappa shape index (κ3) is 4.73. The lowest BCUT2D eigenvalue weighted by atomic mass is 10.0. The highest BCUT2D eigenvalue weighted by molar-refractivity contribution is 7.92. The predicted molar refractivity (Wildman–Crippen MR) is 120 cm³/mol. The molecule has 0 fully saturated rings. The van der Waals surface area contributed by atoms with Crippen molar-refractivity contribution in [3.05, 3.63) is 90.0 Å². The number of fused-ring (bicyclic) bond motifs is 1. The molecular formula is C24H21F3N2O3S. The van der Waals surface area contributed by atoms with Gasteiger partial charge in [0.25, 0.3) is 10.0 Å². The largest absolute Gasteiger partial charge is 0.416 e. The average Bonchev–Trinajstić information content (AvgIpc) is 2.82. The summed E-state index contributed by atoms with van der Waals surface area (Å²) in [7, 11) is -4.31. The van der Waals surface area contributed by atoms with Crippen LogP contribution in [-0.2, 0) is 27.4 Å². The highest BCUT2D eigenvalue weighted by Gasteiger charge is 2.34. The molecule has 3 aromatic rings. The van der Waals surface area contributed by atoms with Crippen molar-refractivity contribution in [1.29, 1.82) is 0 Å². The minimum atomic E-state index is -4.66. The summed E-state index contributed by atoms with van der Waals surface area (Å²) in [6, 6.07) is 18.7. The second-order valence-corrected chi connectivity index (χ2v) is 9.51. The van der Waals surface area contributed by atoms with Crippen LogP contribution in [0.15, 0.2) is 83.8 Å². The Morgan fingerprint density at radius 3 is 2.36 bits per heavy atom. The second kappa shape index (κ2) is 8.90. The van der Waals surface area contributed by atoms with Crippen LogP contribution in [0.1, 0.15) is 17.5 Å². The molecule has 1 aliphatic heterocycles. The van der Waals surface area contributed by atoms with E-state index in [-0.39, 0.29) is 10.6 Å². The van der Waals surface area contributed by atoms with Gasteiger partial charge in [-0.3, -0.25) is 9.10 Å². The summed E-state index contributed by atoms with van der Waals surface area (Å²) in [6.45, 7) is -0.232. The molecule has 1 heterocycles. The van der Waals surface area contributed by atoms with Crippen molar-refractivity contribution < 1.29 is 26.4 Å². The number of carbonyl (C=O) groups excluding carboxylic acids is 1. The molecule has 1 amide bonds. The van der Waals surface area contributed by atoms with Gasteiger partial charge >= 0.3 is 6.18 Å². The summed E-state index contributed by atoms with van der Waals surface area (Å²) in [4.78, 5) is 14.7. The van der Waals surface area contributed by atoms with Gasteiger partial charge < -0.3 is 4.90 Å². The summed E-state index contributed by atoms with van der Waals surface area (Å²) >= 11 is 0. The Morgan fingerprint density at radius 2 is 1.64 bits per heavy atom. The van der Waals surface area contributed by atoms with Crippen molar-refractivity contribution in [1.82, 2.24) is 0 Å². The zero-order valence-corrected chi connectivity index (χ0v) is 18.3. The molecular weight excluding hydrogens is 453 g/mol. The van der Waals surface area contributed by atoms with Gasteiger partial charge in [-0.2, -0.15) is 13.2 Å². The Hall–Kier alpha value is -3.33. The highest BCUT2D eigenvalue weighted by atomic mass is 32.2. The molecule has 0 aromatic heterocycles. The van der Waals surface area contributed by atoms with Crippen molar-refractivity contribution in [2.75, 3.05) is 22.3 Å². The van der Waals surface area contributed by atoms with Crippen molar-refractivity contribution in [3.8, 4) is 0 Å². The van der Waals surface area contributed by atoms with Crippen LogP contribution in [0.2, 0.25) is 0 Å². The summed E-state index contributed by atoms with van der Waals surface area (Å²) < 4.78 is 67.6. The van der Waals surface area contributed by atoms with Gasteiger partial charge in [0.1, 0.15) is 6.54 Å². The van der Waals surface area contributed by atoms with Gasteiger partial charge in [-0.05, 0) is 54.8 Å². The predicted octanol–water partition coefficient (Wildman–Crippen LogP) is 4.88. The van der Waals surface area contributed by atoms with E-state index in [9.17, 15) is 26.4 Å². The van der Waals surface area contributed by atoms with Crippen LogP contribution < -0.4 is 9.21 Å². The number of alkyl halides is 3. The number of nitrogens with zero attached hydrogens (tertiary/aromatic N) is 2. The Balaban J connectivity index is 1.75. The third-order valence-electron chi connectivity index (χ3n) is 5.48. The number of hydrogen-bond donors (Lipinski definition) is 0. The SMILES string of the molecule is O=C(CN(c1cccc(C(F)(F)F)c1)S(=O)(=O)c1ccccc1)N1CCCc2ccccc21. The standard InChI is InChI=1S/C24H21F3N2O3S/c25-24(26,27)19-10-6-11-20(16-19)29(33(31,32)21-12-2-1-3-13-21)17-23(30)28-15-7-9-18-8-4-5-14-22(18)28/h1-6,8,10-14,16H,7,9,15,17H2. The fourth-order valence-electron chi connectivity index (χ4n) is 3.87. The van der Waals surface area contributed by atoms with Crippen LogP contribution in [0.3, 0.4) is 0 Å². The molecule has 0 radical (unpaired) electrons. The fraction of sp³-hybridized carbons (Fsp3) is 0.208. The van der Waals surface area contributed by atoms with E-state index in [0.29, 0.717) is 18.7 Å². The Labute approximate surface area is 190 Å². The molecule has 0 unspecified atom stereocenters. The molecule has 33 heavy (non-hydrogen) atoms. The van der Waals surface area contributed by atoms with Crippen molar-refractivity contribution in [2.45, 2.75) is 23.9 Å². The highest BCUT2D eigenvalue weighted by Crippen LogP contribution is 2.34. The van der Waals surface area contributed by atoms with Gasteiger partial charge in [0.2, 0.25) is 5.91 Å². The fourth-order valence-corrected chi connectivity index (χ4v) is 5.30. The molecule has 0 aliphatic carbocycles. The van der Waals surface area contributed by atoms with Gasteiger partial charge in [-0.25, -0.2) is 8.42 Å². The monoisotopic (exact) mass is 474 g/mol. The molecule has 0 N–H and O–H groups in total. The van der Waals surface area contributed by atoms with Crippen LogP contribution >= 0.6 is 0 Å². The van der Waals surface area contributed by atoms with E-state index in [1.807, 2.05) is 12.1 Å². The summed E-state index contributed by atoms with van der Waals surface area (Å²) in [5.41, 5.74) is 0.430. The number of para-hydroxylation sites is 1. The molecule has 172 valence electrons. The number of benzene rings is 3. The molecule has 0 spiro atoms. The molecule has 0 bridgehead atoms. The van der Waals surface area contributed by atoms with Crippen LogP contribution in [0.5, 0.6) is 0 Å². The van der Waals surface area contributed by atoms with Crippen molar-refractivity contribution >= 4 is 27.3 Å². The van der Waals surface area contributed by atoms with Crippen LogP contribution in [0.4, 0.5) is 24.5 Å². The maximum absolute atomic E-state index is 13.4. The first-order chi connectivity index (χ1) is 15.7. The number of sulfonamides is 1. The number of rotatable bonds is 5. The quantitative estimate of drug-likeness (QED) is 0.530.